The van der Waals surface area contributed by atoms with Gasteiger partial charge >= 0.3 is 0 Å². The summed E-state index contributed by atoms with van der Waals surface area (Å²) in [6, 6.07) is 17.2. The Morgan fingerprint density at radius 3 is 1.47 bits per heavy atom. The monoisotopic (exact) mass is 898 g/mol. The third kappa shape index (κ3) is 10.9. The van der Waals surface area contributed by atoms with Crippen molar-refractivity contribution in [1.82, 2.24) is 54.7 Å². The smallest absolute Gasteiger partial charge is 0.254 e. The number of benzene rings is 2. The molecule has 2 N–H and O–H groups in total. The van der Waals surface area contributed by atoms with Gasteiger partial charge in [-0.15, -0.1) is 0 Å². The van der Waals surface area contributed by atoms with E-state index in [1.165, 1.54) is 12.2 Å². The summed E-state index contributed by atoms with van der Waals surface area (Å²) >= 11 is 0. The Kier molecular flexibility index (Phi) is 16.3. The Labute approximate surface area is 387 Å². The molecule has 16 nitrogen and oxygen atoms in total. The highest BCUT2D eigenvalue weighted by Gasteiger charge is 2.29. The number of piperidine rings is 2. The van der Waals surface area contributed by atoms with Crippen LogP contribution in [0, 0.1) is 13.8 Å². The van der Waals surface area contributed by atoms with Crippen LogP contribution in [0.15, 0.2) is 92.3 Å². The molecule has 2 unspecified atom stereocenters. The van der Waals surface area contributed by atoms with Gasteiger partial charge in [0.2, 0.25) is 11.8 Å². The zero-order chi connectivity index (χ0) is 47.5. The summed E-state index contributed by atoms with van der Waals surface area (Å²) in [7, 11) is 3.20. The van der Waals surface area contributed by atoms with Crippen LogP contribution in [0.3, 0.4) is 0 Å². The minimum Gasteiger partial charge on any atom is -0.355 e. The van der Waals surface area contributed by atoms with E-state index in [2.05, 4.69) is 28.9 Å². The third-order valence-electron chi connectivity index (χ3n) is 12.1. The molecule has 348 valence electrons. The number of hydrogen-bond donors (Lipinski definition) is 2. The Morgan fingerprint density at radius 1 is 0.621 bits per heavy atom. The molecule has 3 fully saturated rings. The molecular weight excluding hydrogens is 835 g/mol. The number of aryl methyl sites for hydroxylation is 2. The summed E-state index contributed by atoms with van der Waals surface area (Å²) < 4.78 is 5.52. The first-order chi connectivity index (χ1) is 31.9. The lowest BCUT2D eigenvalue weighted by molar-refractivity contribution is -0.128. The topological polar surface area (TPSA) is 173 Å². The van der Waals surface area contributed by atoms with Crippen molar-refractivity contribution in [2.75, 3.05) is 53.4 Å². The largest absolute Gasteiger partial charge is 0.355 e. The van der Waals surface area contributed by atoms with Crippen molar-refractivity contribution < 1.29 is 24.0 Å². The van der Waals surface area contributed by atoms with E-state index in [1.807, 2.05) is 84.4 Å². The number of carbonyl (C=O) groups excluding carboxylic acids is 5. The van der Waals surface area contributed by atoms with E-state index in [-0.39, 0.29) is 41.6 Å². The summed E-state index contributed by atoms with van der Waals surface area (Å²) in [4.78, 5) is 67.4. The van der Waals surface area contributed by atoms with E-state index < -0.39 is 0 Å². The van der Waals surface area contributed by atoms with Gasteiger partial charge in [-0.1, -0.05) is 51.3 Å². The third-order valence-corrected chi connectivity index (χ3v) is 12.1. The summed E-state index contributed by atoms with van der Waals surface area (Å²) in [5.41, 5.74) is 7.40. The van der Waals surface area contributed by atoms with Crippen molar-refractivity contribution >= 4 is 29.5 Å². The average molecular weight is 898 g/mol. The van der Waals surface area contributed by atoms with Gasteiger partial charge in [0.15, 0.2) is 0 Å². The van der Waals surface area contributed by atoms with Crippen LogP contribution < -0.4 is 10.6 Å². The number of carbonyl (C=O) groups is 5. The minimum atomic E-state index is -0.224. The van der Waals surface area contributed by atoms with Crippen LogP contribution in [-0.4, -0.2) is 127 Å². The van der Waals surface area contributed by atoms with Crippen LogP contribution in [-0.2, 0) is 9.59 Å². The van der Waals surface area contributed by atoms with Crippen LogP contribution in [0.2, 0.25) is 0 Å². The number of likely N-dealkylation sites (tertiary alicyclic amines) is 3. The first-order valence-electron chi connectivity index (χ1n) is 22.9. The first-order valence-corrected chi connectivity index (χ1v) is 22.9. The molecule has 2 aromatic carbocycles. The predicted octanol–water partition coefficient (Wildman–Crippen LogP) is 6.58. The Hall–Kier alpha value is -7.10. The van der Waals surface area contributed by atoms with Crippen molar-refractivity contribution in [3.05, 3.63) is 120 Å². The van der Waals surface area contributed by atoms with Crippen LogP contribution in [0.5, 0.6) is 0 Å². The Bertz CT molecular complexity index is 2530. The van der Waals surface area contributed by atoms with E-state index in [1.54, 1.807) is 53.1 Å². The highest BCUT2D eigenvalue weighted by Crippen LogP contribution is 2.30. The molecule has 8 rings (SSSR count). The van der Waals surface area contributed by atoms with Gasteiger partial charge in [-0.25, -0.2) is 4.68 Å². The highest BCUT2D eigenvalue weighted by atomic mass is 16.2. The molecule has 16 heteroatoms. The highest BCUT2D eigenvalue weighted by molar-refractivity contribution is 6.01. The number of nitrogens with zero attached hydrogens (tertiary/aromatic N) is 9. The van der Waals surface area contributed by atoms with Gasteiger partial charge in [-0.05, 0) is 94.9 Å². The van der Waals surface area contributed by atoms with E-state index >= 15 is 0 Å². The summed E-state index contributed by atoms with van der Waals surface area (Å²) in [5, 5.41) is 19.4. The standard InChI is InChI=1S/C24H28N6O2.C24H29N5O3.C2H6/c1-5-22(31)28-12-6-7-20(14-28)29-15-21(24(32)25-4)23(27-29)18-8-10-19(11-9-18)30-17(3)13-16(2)26-30;1-3-21(30)28-14-6-7-19(15-28)29-16-20(23(31)25-2)22(26-29)17-8-10-18(11-9-17)24(32)27-12-4-5-13-27;1-2/h5,8-11,13,15,20H,1,6-7,12,14H2,2-4H3,(H,25,32);3,8-11,16,19H,1,4-7,12-15H2,2H3,(H,25,31);1-2H3. The molecule has 5 amide bonds. The lowest BCUT2D eigenvalue weighted by Crippen LogP contribution is -2.40. The van der Waals surface area contributed by atoms with E-state index in [0.29, 0.717) is 54.3 Å². The Balaban J connectivity index is 0.000000210. The van der Waals surface area contributed by atoms with Crippen molar-refractivity contribution in [3.63, 3.8) is 0 Å². The maximum atomic E-state index is 12.6. The second-order valence-corrected chi connectivity index (χ2v) is 16.4. The molecule has 3 saturated heterocycles. The number of nitrogens with one attached hydrogen (secondary N) is 2. The Morgan fingerprint density at radius 2 is 1.06 bits per heavy atom. The van der Waals surface area contributed by atoms with Crippen LogP contribution >= 0.6 is 0 Å². The molecule has 3 aromatic heterocycles. The lowest BCUT2D eigenvalue weighted by atomic mass is 10.0. The van der Waals surface area contributed by atoms with Crippen molar-refractivity contribution in [1.29, 1.82) is 0 Å². The zero-order valence-electron chi connectivity index (χ0n) is 39.1. The van der Waals surface area contributed by atoms with Crippen LogP contribution in [0.1, 0.15) is 107 Å². The van der Waals surface area contributed by atoms with E-state index in [0.717, 1.165) is 79.8 Å². The van der Waals surface area contributed by atoms with E-state index in [9.17, 15) is 24.0 Å². The van der Waals surface area contributed by atoms with Gasteiger partial charge < -0.3 is 25.3 Å². The number of rotatable bonds is 10. The van der Waals surface area contributed by atoms with Crippen LogP contribution in [0.4, 0.5) is 0 Å². The second-order valence-electron chi connectivity index (χ2n) is 16.4. The van der Waals surface area contributed by atoms with Crippen molar-refractivity contribution in [2.24, 2.45) is 0 Å². The van der Waals surface area contributed by atoms with E-state index in [4.69, 9.17) is 10.2 Å². The van der Waals surface area contributed by atoms with Gasteiger partial charge in [0.1, 0.15) is 11.4 Å². The molecule has 0 spiro atoms. The second kappa shape index (κ2) is 22.2. The number of hydrogen-bond acceptors (Lipinski definition) is 8. The number of aromatic nitrogens is 6. The molecule has 6 heterocycles. The zero-order valence-corrected chi connectivity index (χ0v) is 39.1. The number of amides is 5. The molecule has 0 bridgehead atoms. The van der Waals surface area contributed by atoms with Crippen molar-refractivity contribution in [3.8, 4) is 28.2 Å². The maximum Gasteiger partial charge on any atom is 0.254 e. The minimum absolute atomic E-state index is 0.0128. The molecule has 0 aliphatic carbocycles. The molecule has 5 aromatic rings. The quantitative estimate of drug-likeness (QED) is 0.148. The molecular formula is C50H63N11O5. The van der Waals surface area contributed by atoms with Gasteiger partial charge in [-0.2, -0.15) is 15.3 Å². The van der Waals surface area contributed by atoms with Gasteiger partial charge in [0.25, 0.3) is 17.7 Å². The van der Waals surface area contributed by atoms with Gasteiger partial charge in [0.05, 0.1) is 34.6 Å². The molecule has 66 heavy (non-hydrogen) atoms. The predicted molar refractivity (Wildman–Crippen MR) is 255 cm³/mol. The van der Waals surface area contributed by atoms with Crippen LogP contribution in [0.25, 0.3) is 28.2 Å². The molecule has 3 aliphatic rings. The van der Waals surface area contributed by atoms with Gasteiger partial charge in [-0.3, -0.25) is 33.3 Å². The van der Waals surface area contributed by atoms with Gasteiger partial charge in [0, 0.05) is 88.1 Å². The average Bonchev–Trinajstić information content (AvgIpc) is 4.21. The van der Waals surface area contributed by atoms with Crippen molar-refractivity contribution in [2.45, 2.75) is 78.3 Å². The summed E-state index contributed by atoms with van der Waals surface area (Å²) in [5.74, 6) is -0.539. The fraction of sp³-hybridized carbons (Fsp3) is 0.400. The molecule has 3 aliphatic heterocycles. The fourth-order valence-electron chi connectivity index (χ4n) is 8.71. The SMILES string of the molecule is C=CC(=O)N1CCCC(n2cc(C(=O)NC)c(-c3ccc(-n4nc(C)cc4C)cc3)n2)C1.C=CC(=O)N1CCCC(n2cc(C(=O)NC)c(-c3ccc(C(=O)N4CCCC4)cc3)n2)C1.CC. The normalized spacial score (nSPS) is 16.8. The first kappa shape index (κ1) is 48.4. The molecule has 0 radical (unpaired) electrons. The molecule has 2 atom stereocenters. The summed E-state index contributed by atoms with van der Waals surface area (Å²) in [6.45, 7) is 19.3. The maximum absolute atomic E-state index is 12.6. The molecule has 0 saturated carbocycles. The lowest BCUT2D eigenvalue weighted by Gasteiger charge is -2.32. The summed E-state index contributed by atoms with van der Waals surface area (Å²) in [6.07, 6.45) is 11.8. The fourth-order valence-corrected chi connectivity index (χ4v) is 8.71.